The van der Waals surface area contributed by atoms with E-state index in [4.69, 9.17) is 10.5 Å². The van der Waals surface area contributed by atoms with Gasteiger partial charge in [0.2, 0.25) is 0 Å². The molecule has 0 aromatic carbocycles. The molecule has 0 atom stereocenters. The highest BCUT2D eigenvalue weighted by Crippen LogP contribution is 2.01. The molecule has 0 amide bonds. The third-order valence-corrected chi connectivity index (χ3v) is 0.863. The summed E-state index contributed by atoms with van der Waals surface area (Å²) in [5.74, 6) is 0. The second-order valence-corrected chi connectivity index (χ2v) is 3.39. The van der Waals surface area contributed by atoms with E-state index in [-0.39, 0.29) is 0 Å². The minimum Gasteiger partial charge on any atom is -0.252 e. The van der Waals surface area contributed by atoms with Crippen LogP contribution in [0.5, 0.6) is 0 Å². The Morgan fingerprint density at radius 1 is 1.17 bits per heavy atom. The molecule has 0 aliphatic rings. The lowest BCUT2D eigenvalue weighted by molar-refractivity contribution is -0.306. The van der Waals surface area contributed by atoms with Crippen molar-refractivity contribution in [2.24, 2.45) is 0 Å². The van der Waals surface area contributed by atoms with Crippen molar-refractivity contribution in [2.75, 3.05) is 6.61 Å². The Labute approximate surface area is 74.0 Å². The first-order valence-corrected chi connectivity index (χ1v) is 4.07. The quantitative estimate of drug-likeness (QED) is 0.398. The summed E-state index contributed by atoms with van der Waals surface area (Å²) in [6, 6.07) is 0. The summed E-state index contributed by atoms with van der Waals surface area (Å²) in [7, 11) is 0. The molecule has 0 heterocycles. The molecule has 0 aliphatic carbocycles. The standard InChI is InChI=1S/2C4H10O2/c1-4(2,3)6-5;1-2-3-4-6-5/h5H,1-3H3;5H,2-4H2,1H3. The van der Waals surface area contributed by atoms with Crippen LogP contribution in [0.25, 0.3) is 0 Å². The lowest BCUT2D eigenvalue weighted by Crippen LogP contribution is -2.15. The van der Waals surface area contributed by atoms with Crippen LogP contribution in [0.1, 0.15) is 40.5 Å². The van der Waals surface area contributed by atoms with E-state index in [1.807, 2.05) is 6.92 Å². The second-order valence-electron chi connectivity index (χ2n) is 3.39. The van der Waals surface area contributed by atoms with E-state index in [1.54, 1.807) is 20.8 Å². The van der Waals surface area contributed by atoms with Crippen LogP contribution in [0.15, 0.2) is 0 Å². The van der Waals surface area contributed by atoms with Crippen LogP contribution in [0, 0.1) is 0 Å². The smallest absolute Gasteiger partial charge is 0.0949 e. The molecule has 0 radical (unpaired) electrons. The Morgan fingerprint density at radius 2 is 1.58 bits per heavy atom. The van der Waals surface area contributed by atoms with E-state index < -0.39 is 5.60 Å². The van der Waals surface area contributed by atoms with Gasteiger partial charge in [0.25, 0.3) is 0 Å². The topological polar surface area (TPSA) is 58.9 Å². The minimum absolute atomic E-state index is 0.403. The Hall–Kier alpha value is -0.160. The van der Waals surface area contributed by atoms with Gasteiger partial charge in [0.05, 0.1) is 12.2 Å². The van der Waals surface area contributed by atoms with Crippen molar-refractivity contribution < 1.29 is 20.3 Å². The van der Waals surface area contributed by atoms with Crippen molar-refractivity contribution in [3.05, 3.63) is 0 Å². The van der Waals surface area contributed by atoms with Crippen LogP contribution in [0.3, 0.4) is 0 Å². The van der Waals surface area contributed by atoms with Gasteiger partial charge in [-0.1, -0.05) is 13.3 Å². The van der Waals surface area contributed by atoms with Crippen LogP contribution in [-0.4, -0.2) is 22.7 Å². The highest BCUT2D eigenvalue weighted by Gasteiger charge is 2.06. The van der Waals surface area contributed by atoms with Crippen molar-refractivity contribution in [3.63, 3.8) is 0 Å². The van der Waals surface area contributed by atoms with Gasteiger partial charge in [0.15, 0.2) is 0 Å². The van der Waals surface area contributed by atoms with Crippen LogP contribution >= 0.6 is 0 Å². The molecule has 0 saturated heterocycles. The van der Waals surface area contributed by atoms with Crippen molar-refractivity contribution in [2.45, 2.75) is 46.1 Å². The van der Waals surface area contributed by atoms with Crippen LogP contribution < -0.4 is 0 Å². The maximum absolute atomic E-state index is 7.90. The third kappa shape index (κ3) is 22.5. The van der Waals surface area contributed by atoms with Gasteiger partial charge in [-0.15, -0.1) is 0 Å². The minimum atomic E-state index is -0.403. The van der Waals surface area contributed by atoms with Crippen molar-refractivity contribution in [1.29, 1.82) is 0 Å². The third-order valence-electron chi connectivity index (χ3n) is 0.863. The summed E-state index contributed by atoms with van der Waals surface area (Å²) in [5, 5.41) is 15.6. The van der Waals surface area contributed by atoms with E-state index in [9.17, 15) is 0 Å². The average molecular weight is 180 g/mol. The van der Waals surface area contributed by atoms with Gasteiger partial charge >= 0.3 is 0 Å². The number of rotatable bonds is 3. The van der Waals surface area contributed by atoms with E-state index in [0.29, 0.717) is 6.61 Å². The lowest BCUT2D eigenvalue weighted by Gasteiger charge is -2.10. The molecule has 0 bridgehead atoms. The predicted octanol–water partition coefficient (Wildman–Crippen LogP) is 2.55. The lowest BCUT2D eigenvalue weighted by atomic mass is 10.2. The van der Waals surface area contributed by atoms with Gasteiger partial charge in [-0.2, -0.15) is 0 Å². The first-order chi connectivity index (χ1) is 5.47. The molecule has 0 fully saturated rings. The highest BCUT2D eigenvalue weighted by atomic mass is 17.1. The van der Waals surface area contributed by atoms with Crippen molar-refractivity contribution in [3.8, 4) is 0 Å². The average Bonchev–Trinajstić information content (AvgIpc) is 2.01. The zero-order chi connectivity index (χ0) is 10.0. The van der Waals surface area contributed by atoms with Gasteiger partial charge in [-0.25, -0.2) is 9.78 Å². The summed E-state index contributed by atoms with van der Waals surface area (Å²) >= 11 is 0. The summed E-state index contributed by atoms with van der Waals surface area (Å²) in [4.78, 5) is 7.72. The fourth-order valence-electron chi connectivity index (χ4n) is 0.209. The highest BCUT2D eigenvalue weighted by molar-refractivity contribution is 4.53. The van der Waals surface area contributed by atoms with Crippen LogP contribution in [0.2, 0.25) is 0 Å². The van der Waals surface area contributed by atoms with Gasteiger partial charge in [0.1, 0.15) is 0 Å². The molecule has 4 heteroatoms. The van der Waals surface area contributed by atoms with E-state index >= 15 is 0 Å². The number of hydrogen-bond donors (Lipinski definition) is 2. The molecule has 12 heavy (non-hydrogen) atoms. The number of unbranched alkanes of at least 4 members (excludes halogenated alkanes) is 1. The SMILES string of the molecule is CC(C)(C)OO.CCCCOO. The largest absolute Gasteiger partial charge is 0.252 e. The molecular formula is C8H20O4. The summed E-state index contributed by atoms with van der Waals surface area (Å²) in [6.45, 7) is 7.82. The molecule has 0 aromatic heterocycles. The molecule has 76 valence electrons. The Balaban J connectivity index is 0. The summed E-state index contributed by atoms with van der Waals surface area (Å²) in [6.07, 6.45) is 2.01. The molecule has 0 spiro atoms. The fraction of sp³-hybridized carbons (Fsp3) is 1.00. The maximum Gasteiger partial charge on any atom is 0.0949 e. The van der Waals surface area contributed by atoms with E-state index in [1.165, 1.54) is 0 Å². The van der Waals surface area contributed by atoms with Crippen LogP contribution in [0.4, 0.5) is 0 Å². The molecule has 0 aliphatic heterocycles. The first-order valence-electron chi connectivity index (χ1n) is 4.07. The zero-order valence-electron chi connectivity index (χ0n) is 8.33. The molecule has 4 nitrogen and oxygen atoms in total. The molecule has 2 N–H and O–H groups in total. The van der Waals surface area contributed by atoms with Gasteiger partial charge < -0.3 is 0 Å². The van der Waals surface area contributed by atoms with E-state index in [0.717, 1.165) is 12.8 Å². The fourth-order valence-corrected chi connectivity index (χ4v) is 0.209. The molecule has 0 unspecified atom stereocenters. The monoisotopic (exact) mass is 180 g/mol. The second kappa shape index (κ2) is 8.93. The number of hydrogen-bond acceptors (Lipinski definition) is 4. The molecule has 0 rings (SSSR count). The molecular weight excluding hydrogens is 160 g/mol. The Kier molecular flexibility index (Phi) is 10.7. The van der Waals surface area contributed by atoms with Crippen molar-refractivity contribution >= 4 is 0 Å². The Morgan fingerprint density at radius 3 is 1.67 bits per heavy atom. The summed E-state index contributed by atoms with van der Waals surface area (Å²) < 4.78 is 0. The van der Waals surface area contributed by atoms with Gasteiger partial charge in [-0.05, 0) is 27.2 Å². The molecule has 0 saturated carbocycles. The van der Waals surface area contributed by atoms with Crippen molar-refractivity contribution in [1.82, 2.24) is 0 Å². The van der Waals surface area contributed by atoms with Gasteiger partial charge in [-0.3, -0.25) is 10.5 Å². The van der Waals surface area contributed by atoms with Crippen LogP contribution in [-0.2, 0) is 9.78 Å². The zero-order valence-corrected chi connectivity index (χ0v) is 8.33. The Bertz CT molecular complexity index is 73.6. The first kappa shape index (κ1) is 14.4. The van der Waals surface area contributed by atoms with Gasteiger partial charge in [0, 0.05) is 0 Å². The normalized spacial score (nSPS) is 10.5. The predicted molar refractivity (Wildman–Crippen MR) is 47.0 cm³/mol. The van der Waals surface area contributed by atoms with E-state index in [2.05, 4.69) is 9.78 Å². The molecule has 0 aromatic rings. The summed E-state index contributed by atoms with van der Waals surface area (Å²) in [5.41, 5.74) is -0.403. The maximum atomic E-state index is 7.90.